The molecular formula is C23H27N3O5S. The minimum atomic E-state index is -3.51. The second-order valence-electron chi connectivity index (χ2n) is 8.09. The predicted molar refractivity (Wildman–Crippen MR) is 121 cm³/mol. The zero-order chi connectivity index (χ0) is 22.7. The van der Waals surface area contributed by atoms with Crippen LogP contribution in [-0.2, 0) is 19.6 Å². The van der Waals surface area contributed by atoms with Crippen LogP contribution >= 0.6 is 0 Å². The van der Waals surface area contributed by atoms with Crippen molar-refractivity contribution in [1.29, 1.82) is 0 Å². The summed E-state index contributed by atoms with van der Waals surface area (Å²) in [5, 5.41) is 2.81. The van der Waals surface area contributed by atoms with Crippen LogP contribution in [-0.4, -0.2) is 51.3 Å². The van der Waals surface area contributed by atoms with E-state index in [4.69, 9.17) is 4.74 Å². The maximum absolute atomic E-state index is 12.8. The van der Waals surface area contributed by atoms with Gasteiger partial charge in [0.15, 0.2) is 0 Å². The van der Waals surface area contributed by atoms with Crippen molar-refractivity contribution in [1.82, 2.24) is 4.31 Å². The molecule has 1 atom stereocenters. The zero-order valence-electron chi connectivity index (χ0n) is 18.0. The van der Waals surface area contributed by atoms with Crippen molar-refractivity contribution in [2.45, 2.75) is 30.6 Å². The number of benzene rings is 2. The first-order chi connectivity index (χ1) is 15.4. The molecule has 0 bridgehead atoms. The number of hydrogen-bond donors (Lipinski definition) is 1. The molecule has 1 N–H and O–H groups in total. The van der Waals surface area contributed by atoms with Crippen LogP contribution in [0, 0.1) is 5.92 Å². The quantitative estimate of drug-likeness (QED) is 0.720. The lowest BCUT2D eigenvalue weighted by Gasteiger charge is -2.25. The molecule has 4 rings (SSSR count). The highest BCUT2D eigenvalue weighted by molar-refractivity contribution is 7.89. The van der Waals surface area contributed by atoms with E-state index in [2.05, 4.69) is 5.32 Å². The first-order valence-corrected chi connectivity index (χ1v) is 12.2. The summed E-state index contributed by atoms with van der Waals surface area (Å²) in [5.74, 6) is -0.245. The van der Waals surface area contributed by atoms with Gasteiger partial charge in [0.05, 0.1) is 17.9 Å². The normalized spacial score (nSPS) is 19.7. The molecule has 2 aromatic rings. The smallest absolute Gasteiger partial charge is 0.243 e. The number of amides is 2. The highest BCUT2D eigenvalue weighted by atomic mass is 32.2. The van der Waals surface area contributed by atoms with E-state index < -0.39 is 15.9 Å². The number of piperidine rings is 1. The minimum Gasteiger partial charge on any atom is -0.497 e. The van der Waals surface area contributed by atoms with Crippen LogP contribution in [0.1, 0.15) is 25.7 Å². The minimum absolute atomic E-state index is 0.116. The lowest BCUT2D eigenvalue weighted by atomic mass is 10.1. The average molecular weight is 458 g/mol. The van der Waals surface area contributed by atoms with E-state index in [0.29, 0.717) is 30.2 Å². The number of sulfonamides is 1. The Kier molecular flexibility index (Phi) is 6.48. The summed E-state index contributed by atoms with van der Waals surface area (Å²) in [5.41, 5.74) is 1.19. The van der Waals surface area contributed by atoms with Gasteiger partial charge in [0, 0.05) is 43.5 Å². The fourth-order valence-electron chi connectivity index (χ4n) is 4.12. The van der Waals surface area contributed by atoms with Gasteiger partial charge in [0.1, 0.15) is 5.75 Å². The number of nitrogens with one attached hydrogen (secondary N) is 1. The molecule has 2 heterocycles. The summed E-state index contributed by atoms with van der Waals surface area (Å²) in [6.45, 7) is 1.36. The first-order valence-electron chi connectivity index (χ1n) is 10.7. The number of nitrogens with zero attached hydrogens (tertiary/aromatic N) is 2. The number of rotatable bonds is 6. The summed E-state index contributed by atoms with van der Waals surface area (Å²) in [6.07, 6.45) is 2.92. The van der Waals surface area contributed by atoms with E-state index >= 15 is 0 Å². The predicted octanol–water partition coefficient (Wildman–Crippen LogP) is 2.86. The zero-order valence-corrected chi connectivity index (χ0v) is 18.8. The fraction of sp³-hybridized carbons (Fsp3) is 0.391. The molecular weight excluding hydrogens is 430 g/mol. The van der Waals surface area contributed by atoms with Crippen LogP contribution in [0.25, 0.3) is 0 Å². The van der Waals surface area contributed by atoms with Crippen LogP contribution in [0.2, 0.25) is 0 Å². The van der Waals surface area contributed by atoms with Gasteiger partial charge in [-0.25, -0.2) is 8.42 Å². The van der Waals surface area contributed by atoms with Crippen molar-refractivity contribution in [2.24, 2.45) is 5.92 Å². The van der Waals surface area contributed by atoms with Gasteiger partial charge in [-0.1, -0.05) is 12.5 Å². The second-order valence-corrected chi connectivity index (χ2v) is 10.0. The molecule has 0 spiro atoms. The fourth-order valence-corrected chi connectivity index (χ4v) is 5.64. The second kappa shape index (κ2) is 9.30. The molecule has 2 amide bonds. The van der Waals surface area contributed by atoms with Crippen LogP contribution in [0.15, 0.2) is 53.4 Å². The standard InChI is InChI=1S/C23H27N3O5S/c1-31-20-7-5-6-19(15-20)26-16-17(14-22(26)27)23(28)24-18-8-10-21(11-9-18)32(29,30)25-12-3-2-4-13-25/h5-11,15,17H,2-4,12-14,16H2,1H3,(H,24,28). The molecule has 170 valence electrons. The Bertz CT molecular complexity index is 1090. The van der Waals surface area contributed by atoms with E-state index in [9.17, 15) is 18.0 Å². The van der Waals surface area contributed by atoms with Crippen molar-refractivity contribution in [3.8, 4) is 5.75 Å². The van der Waals surface area contributed by atoms with Gasteiger partial charge < -0.3 is 15.0 Å². The molecule has 2 aromatic carbocycles. The van der Waals surface area contributed by atoms with E-state index in [1.54, 1.807) is 42.3 Å². The summed E-state index contributed by atoms with van der Waals surface area (Å²) < 4.78 is 32.3. The van der Waals surface area contributed by atoms with Crippen molar-refractivity contribution < 1.29 is 22.7 Å². The van der Waals surface area contributed by atoms with Crippen molar-refractivity contribution in [2.75, 3.05) is 37.0 Å². The van der Waals surface area contributed by atoms with Gasteiger partial charge in [-0.3, -0.25) is 9.59 Å². The molecule has 0 saturated carbocycles. The molecule has 8 nitrogen and oxygen atoms in total. The highest BCUT2D eigenvalue weighted by Gasteiger charge is 2.35. The summed E-state index contributed by atoms with van der Waals surface area (Å²) >= 11 is 0. The summed E-state index contributed by atoms with van der Waals surface area (Å²) in [7, 11) is -1.96. The Balaban J connectivity index is 1.40. The Morgan fingerprint density at radius 3 is 2.47 bits per heavy atom. The Morgan fingerprint density at radius 1 is 1.06 bits per heavy atom. The Hall–Kier alpha value is -2.91. The van der Waals surface area contributed by atoms with Gasteiger partial charge in [0.25, 0.3) is 0 Å². The molecule has 0 aromatic heterocycles. The SMILES string of the molecule is COc1cccc(N2CC(C(=O)Nc3ccc(S(=O)(=O)N4CCCCC4)cc3)CC2=O)c1. The maximum atomic E-state index is 12.8. The molecule has 2 saturated heterocycles. The van der Waals surface area contributed by atoms with E-state index in [-0.39, 0.29) is 29.7 Å². The molecule has 2 aliphatic heterocycles. The molecule has 2 aliphatic rings. The monoisotopic (exact) mass is 457 g/mol. The van der Waals surface area contributed by atoms with Crippen LogP contribution in [0.4, 0.5) is 11.4 Å². The van der Waals surface area contributed by atoms with Crippen LogP contribution in [0.3, 0.4) is 0 Å². The van der Waals surface area contributed by atoms with E-state index in [1.807, 2.05) is 6.07 Å². The third-order valence-electron chi connectivity index (χ3n) is 5.94. The number of anilines is 2. The molecule has 0 radical (unpaired) electrons. The third-order valence-corrected chi connectivity index (χ3v) is 7.85. The van der Waals surface area contributed by atoms with Gasteiger partial charge in [0.2, 0.25) is 21.8 Å². The van der Waals surface area contributed by atoms with Crippen molar-refractivity contribution in [3.63, 3.8) is 0 Å². The maximum Gasteiger partial charge on any atom is 0.243 e. The van der Waals surface area contributed by atoms with Gasteiger partial charge in [-0.05, 0) is 49.2 Å². The molecule has 9 heteroatoms. The molecule has 0 aliphatic carbocycles. The van der Waals surface area contributed by atoms with Gasteiger partial charge in [-0.2, -0.15) is 4.31 Å². The van der Waals surface area contributed by atoms with Crippen LogP contribution in [0.5, 0.6) is 5.75 Å². The molecule has 2 fully saturated rings. The number of ether oxygens (including phenoxy) is 1. The Labute approximate surface area is 188 Å². The number of hydrogen-bond acceptors (Lipinski definition) is 5. The van der Waals surface area contributed by atoms with Gasteiger partial charge >= 0.3 is 0 Å². The largest absolute Gasteiger partial charge is 0.497 e. The third kappa shape index (κ3) is 4.63. The van der Waals surface area contributed by atoms with Gasteiger partial charge in [-0.15, -0.1) is 0 Å². The van der Waals surface area contributed by atoms with E-state index in [0.717, 1.165) is 19.3 Å². The van der Waals surface area contributed by atoms with E-state index in [1.165, 1.54) is 16.4 Å². The first kappa shape index (κ1) is 22.3. The van der Waals surface area contributed by atoms with Crippen molar-refractivity contribution in [3.05, 3.63) is 48.5 Å². The highest BCUT2D eigenvalue weighted by Crippen LogP contribution is 2.29. The summed E-state index contributed by atoms with van der Waals surface area (Å²) in [6, 6.07) is 13.4. The molecule has 1 unspecified atom stereocenters. The lowest BCUT2D eigenvalue weighted by molar-refractivity contribution is -0.122. The summed E-state index contributed by atoms with van der Waals surface area (Å²) in [4.78, 5) is 27.0. The average Bonchev–Trinajstić information content (AvgIpc) is 3.22. The van der Waals surface area contributed by atoms with Crippen LogP contribution < -0.4 is 15.0 Å². The number of carbonyl (C=O) groups excluding carboxylic acids is 2. The van der Waals surface area contributed by atoms with Crippen molar-refractivity contribution >= 4 is 33.2 Å². The topological polar surface area (TPSA) is 96.0 Å². The number of methoxy groups -OCH3 is 1. The molecule has 32 heavy (non-hydrogen) atoms. The Morgan fingerprint density at radius 2 is 1.78 bits per heavy atom. The lowest BCUT2D eigenvalue weighted by Crippen LogP contribution is -2.35. The number of carbonyl (C=O) groups is 2.